The molecule has 0 spiro atoms. The van der Waals surface area contributed by atoms with Crippen molar-refractivity contribution in [2.24, 2.45) is 0 Å². The second-order valence-corrected chi connectivity index (χ2v) is 6.64. The molecule has 0 aliphatic rings. The van der Waals surface area contributed by atoms with Crippen molar-refractivity contribution < 1.29 is 18.3 Å². The highest BCUT2D eigenvalue weighted by atomic mass is 79.9. The predicted molar refractivity (Wildman–Crippen MR) is 77.8 cm³/mol. The molecule has 2 heterocycles. The first kappa shape index (κ1) is 15.4. The van der Waals surface area contributed by atoms with E-state index >= 15 is 0 Å². The summed E-state index contributed by atoms with van der Waals surface area (Å²) in [5.74, 6) is -1.43. The van der Waals surface area contributed by atoms with Gasteiger partial charge in [0.2, 0.25) is 0 Å². The fourth-order valence-corrected chi connectivity index (χ4v) is 3.29. The SMILES string of the molecule is Cc1cc(NS(=O)(=O)c2c(C(=O)O)n[nH]c2C)cnc1Br. The van der Waals surface area contributed by atoms with Crippen molar-refractivity contribution in [3.63, 3.8) is 0 Å². The summed E-state index contributed by atoms with van der Waals surface area (Å²) >= 11 is 3.21. The molecular formula is C11H11BrN4O4S. The van der Waals surface area contributed by atoms with Gasteiger partial charge in [-0.3, -0.25) is 9.82 Å². The zero-order valence-corrected chi connectivity index (χ0v) is 13.4. The van der Waals surface area contributed by atoms with Crippen LogP contribution in [0.5, 0.6) is 0 Å². The van der Waals surface area contributed by atoms with Gasteiger partial charge in [0.05, 0.1) is 17.6 Å². The van der Waals surface area contributed by atoms with E-state index in [0.717, 1.165) is 5.56 Å². The summed E-state index contributed by atoms with van der Waals surface area (Å²) < 4.78 is 27.5. The van der Waals surface area contributed by atoms with Crippen molar-refractivity contribution >= 4 is 37.6 Å². The third-order valence-corrected chi connectivity index (χ3v) is 5.00. The quantitative estimate of drug-likeness (QED) is 0.699. The van der Waals surface area contributed by atoms with Gasteiger partial charge in [0, 0.05) is 0 Å². The Bertz CT molecular complexity index is 816. The number of rotatable bonds is 4. The van der Waals surface area contributed by atoms with Crippen LogP contribution in [0.2, 0.25) is 0 Å². The fraction of sp³-hybridized carbons (Fsp3) is 0.182. The Morgan fingerprint density at radius 3 is 2.67 bits per heavy atom. The molecule has 0 atom stereocenters. The summed E-state index contributed by atoms with van der Waals surface area (Å²) in [4.78, 5) is 14.6. The molecule has 0 saturated carbocycles. The van der Waals surface area contributed by atoms with Crippen LogP contribution in [0.4, 0.5) is 5.69 Å². The van der Waals surface area contributed by atoms with Crippen molar-refractivity contribution in [2.45, 2.75) is 18.7 Å². The molecule has 0 bridgehead atoms. The summed E-state index contributed by atoms with van der Waals surface area (Å²) in [7, 11) is -4.09. The molecule has 0 radical (unpaired) electrons. The van der Waals surface area contributed by atoms with E-state index in [1.807, 2.05) is 0 Å². The Hall–Kier alpha value is -1.94. The van der Waals surface area contributed by atoms with Crippen LogP contribution in [0.3, 0.4) is 0 Å². The van der Waals surface area contributed by atoms with Crippen molar-refractivity contribution in [3.8, 4) is 0 Å². The van der Waals surface area contributed by atoms with Gasteiger partial charge in [0.25, 0.3) is 10.0 Å². The molecule has 0 aliphatic carbocycles. The summed E-state index contributed by atoms with van der Waals surface area (Å²) in [6, 6.07) is 1.57. The Kier molecular flexibility index (Phi) is 4.01. The zero-order chi connectivity index (χ0) is 15.8. The number of carboxylic acid groups (broad SMARTS) is 1. The van der Waals surface area contributed by atoms with E-state index in [1.165, 1.54) is 13.1 Å². The van der Waals surface area contributed by atoms with E-state index in [9.17, 15) is 13.2 Å². The average Bonchev–Trinajstić information content (AvgIpc) is 2.76. The van der Waals surface area contributed by atoms with Crippen LogP contribution < -0.4 is 4.72 Å². The Balaban J connectivity index is 2.45. The molecule has 2 aromatic heterocycles. The van der Waals surface area contributed by atoms with Gasteiger partial charge in [-0.1, -0.05) is 0 Å². The zero-order valence-electron chi connectivity index (χ0n) is 11.0. The maximum absolute atomic E-state index is 12.3. The first-order valence-electron chi connectivity index (χ1n) is 5.65. The number of aromatic carboxylic acids is 1. The molecule has 0 aliphatic heterocycles. The maximum atomic E-state index is 12.3. The molecule has 0 amide bonds. The van der Waals surface area contributed by atoms with E-state index in [0.29, 0.717) is 4.60 Å². The van der Waals surface area contributed by atoms with Crippen LogP contribution in [-0.4, -0.2) is 34.7 Å². The number of aryl methyl sites for hydroxylation is 2. The number of carbonyl (C=O) groups is 1. The van der Waals surface area contributed by atoms with Gasteiger partial charge in [-0.05, 0) is 41.4 Å². The number of anilines is 1. The number of halogens is 1. The van der Waals surface area contributed by atoms with Crippen LogP contribution in [0.15, 0.2) is 21.8 Å². The number of nitrogens with one attached hydrogen (secondary N) is 2. The van der Waals surface area contributed by atoms with Crippen LogP contribution in [0, 0.1) is 13.8 Å². The summed E-state index contributed by atoms with van der Waals surface area (Å²) in [6.07, 6.45) is 1.32. The number of nitrogens with zero attached hydrogens (tertiary/aromatic N) is 2. The summed E-state index contributed by atoms with van der Waals surface area (Å²) in [5, 5.41) is 14.8. The van der Waals surface area contributed by atoms with Gasteiger partial charge in [-0.2, -0.15) is 5.10 Å². The lowest BCUT2D eigenvalue weighted by molar-refractivity contribution is 0.0686. The van der Waals surface area contributed by atoms with E-state index < -0.39 is 26.6 Å². The lowest BCUT2D eigenvalue weighted by atomic mass is 10.3. The number of aromatic amines is 1. The number of sulfonamides is 1. The summed E-state index contributed by atoms with van der Waals surface area (Å²) in [6.45, 7) is 3.18. The minimum atomic E-state index is -4.09. The lowest BCUT2D eigenvalue weighted by Crippen LogP contribution is -2.17. The summed E-state index contributed by atoms with van der Waals surface area (Å²) in [5.41, 5.74) is 0.550. The standard InChI is InChI=1S/C11H11BrN4O4S/c1-5-3-7(4-13-10(5)12)16-21(19,20)9-6(2)14-15-8(9)11(17)18/h3-4,16H,1-2H3,(H,14,15)(H,17,18). The Morgan fingerprint density at radius 1 is 1.43 bits per heavy atom. The number of carboxylic acids is 1. The van der Waals surface area contributed by atoms with Gasteiger partial charge in [0.15, 0.2) is 5.69 Å². The molecule has 0 saturated heterocycles. The topological polar surface area (TPSA) is 125 Å². The van der Waals surface area contributed by atoms with Crippen molar-refractivity contribution in [1.29, 1.82) is 0 Å². The van der Waals surface area contributed by atoms with Crippen LogP contribution in [-0.2, 0) is 10.0 Å². The van der Waals surface area contributed by atoms with Gasteiger partial charge < -0.3 is 5.11 Å². The van der Waals surface area contributed by atoms with E-state index in [-0.39, 0.29) is 11.4 Å². The molecule has 112 valence electrons. The molecular weight excluding hydrogens is 364 g/mol. The highest BCUT2D eigenvalue weighted by Gasteiger charge is 2.28. The number of H-pyrrole nitrogens is 1. The van der Waals surface area contributed by atoms with Gasteiger partial charge in [-0.25, -0.2) is 18.2 Å². The molecule has 3 N–H and O–H groups in total. The average molecular weight is 375 g/mol. The second-order valence-electron chi connectivity index (χ2n) is 4.27. The van der Waals surface area contributed by atoms with Crippen molar-refractivity contribution in [3.05, 3.63) is 33.8 Å². The van der Waals surface area contributed by atoms with Crippen LogP contribution in [0.25, 0.3) is 0 Å². The largest absolute Gasteiger partial charge is 0.476 e. The fourth-order valence-electron chi connectivity index (χ4n) is 1.71. The molecule has 2 aromatic rings. The lowest BCUT2D eigenvalue weighted by Gasteiger charge is -2.09. The molecule has 0 unspecified atom stereocenters. The van der Waals surface area contributed by atoms with E-state index in [2.05, 4.69) is 35.8 Å². The normalized spacial score (nSPS) is 11.4. The highest BCUT2D eigenvalue weighted by Crippen LogP contribution is 2.23. The monoisotopic (exact) mass is 374 g/mol. The molecule has 0 fully saturated rings. The van der Waals surface area contributed by atoms with Crippen LogP contribution in [0.1, 0.15) is 21.7 Å². The van der Waals surface area contributed by atoms with Gasteiger partial charge in [-0.15, -0.1) is 0 Å². The molecule has 8 nitrogen and oxygen atoms in total. The third kappa shape index (κ3) is 3.05. The molecule has 10 heteroatoms. The van der Waals surface area contributed by atoms with Crippen LogP contribution >= 0.6 is 15.9 Å². The van der Waals surface area contributed by atoms with Gasteiger partial charge >= 0.3 is 5.97 Å². The van der Waals surface area contributed by atoms with Gasteiger partial charge in [0.1, 0.15) is 9.50 Å². The second kappa shape index (κ2) is 5.45. The highest BCUT2D eigenvalue weighted by molar-refractivity contribution is 9.10. The first-order chi connectivity index (χ1) is 9.72. The third-order valence-electron chi connectivity index (χ3n) is 2.63. The van der Waals surface area contributed by atoms with Crippen molar-refractivity contribution in [2.75, 3.05) is 4.72 Å². The van der Waals surface area contributed by atoms with E-state index in [4.69, 9.17) is 5.11 Å². The number of pyridine rings is 1. The molecule has 0 aromatic carbocycles. The first-order valence-corrected chi connectivity index (χ1v) is 7.93. The number of aromatic nitrogens is 3. The minimum absolute atomic E-state index is 0.140. The Labute approximate surface area is 128 Å². The maximum Gasteiger partial charge on any atom is 0.357 e. The number of hydrogen-bond acceptors (Lipinski definition) is 5. The predicted octanol–water partition coefficient (Wildman–Crippen LogP) is 1.68. The molecule has 2 rings (SSSR count). The van der Waals surface area contributed by atoms with Crippen molar-refractivity contribution in [1.82, 2.24) is 15.2 Å². The molecule has 21 heavy (non-hydrogen) atoms. The number of hydrogen-bond donors (Lipinski definition) is 3. The smallest absolute Gasteiger partial charge is 0.357 e. The minimum Gasteiger partial charge on any atom is -0.476 e. The van der Waals surface area contributed by atoms with E-state index in [1.54, 1.807) is 13.0 Å². The Morgan fingerprint density at radius 2 is 2.10 bits per heavy atom.